The Morgan fingerprint density at radius 2 is 1.55 bits per heavy atom. The first-order chi connectivity index (χ1) is 18.5. The van der Waals surface area contributed by atoms with Crippen molar-refractivity contribution in [3.63, 3.8) is 0 Å². The van der Waals surface area contributed by atoms with Crippen molar-refractivity contribution in [3.05, 3.63) is 94.0 Å². The molecule has 1 saturated heterocycles. The second-order valence-corrected chi connectivity index (χ2v) is 11.6. The topological polar surface area (TPSA) is 35.9 Å². The van der Waals surface area contributed by atoms with E-state index in [0.29, 0.717) is 5.02 Å². The van der Waals surface area contributed by atoms with Gasteiger partial charge in [0.1, 0.15) is 11.4 Å². The van der Waals surface area contributed by atoms with Crippen molar-refractivity contribution in [2.24, 2.45) is 5.92 Å². The molecule has 0 bridgehead atoms. The van der Waals surface area contributed by atoms with Gasteiger partial charge in [-0.15, -0.1) is 0 Å². The van der Waals surface area contributed by atoms with Crippen molar-refractivity contribution >= 4 is 28.9 Å². The standard InChI is InChI=1S/C32H38Cl2N2O2/c1-38-30-16-12-26(13-17-30)32(37,25-6-3-2-4-7-25)31(24-10-14-27(33)15-11-24)23-35-18-20-36(21-19-35)29-9-5-8-28(34)22-29/h5,8-17,22,25,31,37H,2-4,6-7,18-21,23H2,1H3. The summed E-state index contributed by atoms with van der Waals surface area (Å²) in [6.07, 6.45) is 5.64. The molecule has 2 atom stereocenters. The number of piperazine rings is 1. The van der Waals surface area contributed by atoms with Gasteiger partial charge in [-0.1, -0.05) is 72.8 Å². The summed E-state index contributed by atoms with van der Waals surface area (Å²) in [5.74, 6) is 0.909. The summed E-state index contributed by atoms with van der Waals surface area (Å²) in [6.45, 7) is 4.50. The second-order valence-electron chi connectivity index (χ2n) is 10.8. The lowest BCUT2D eigenvalue weighted by Gasteiger charge is -2.47. The van der Waals surface area contributed by atoms with E-state index in [1.165, 1.54) is 12.1 Å². The SMILES string of the molecule is COc1ccc(C(O)(C2CCCCC2)C(CN2CCN(c3cccc(Cl)c3)CC2)c2ccc(Cl)cc2)cc1. The molecule has 1 aliphatic carbocycles. The van der Waals surface area contributed by atoms with Crippen molar-refractivity contribution in [1.82, 2.24) is 4.90 Å². The van der Waals surface area contributed by atoms with Crippen molar-refractivity contribution in [2.45, 2.75) is 43.6 Å². The Labute approximate surface area is 237 Å². The van der Waals surface area contributed by atoms with Gasteiger partial charge in [-0.3, -0.25) is 4.90 Å². The zero-order chi connectivity index (χ0) is 26.5. The Balaban J connectivity index is 1.46. The van der Waals surface area contributed by atoms with Crippen LogP contribution < -0.4 is 9.64 Å². The Morgan fingerprint density at radius 3 is 2.18 bits per heavy atom. The van der Waals surface area contributed by atoms with Crippen LogP contribution in [-0.2, 0) is 5.60 Å². The fourth-order valence-corrected chi connectivity index (χ4v) is 6.75. The molecule has 0 spiro atoms. The van der Waals surface area contributed by atoms with Crippen molar-refractivity contribution in [3.8, 4) is 5.75 Å². The van der Waals surface area contributed by atoms with Gasteiger partial charge in [-0.25, -0.2) is 0 Å². The van der Waals surface area contributed by atoms with E-state index in [1.54, 1.807) is 7.11 Å². The molecule has 3 aromatic rings. The van der Waals surface area contributed by atoms with Gasteiger partial charge in [-0.05, 0) is 72.4 Å². The van der Waals surface area contributed by atoms with Crippen LogP contribution in [0.5, 0.6) is 5.75 Å². The molecule has 0 aromatic heterocycles. The largest absolute Gasteiger partial charge is 0.497 e. The number of halogens is 2. The third-order valence-corrected chi connectivity index (χ3v) is 9.06. The molecule has 2 aliphatic rings. The molecule has 4 nitrogen and oxygen atoms in total. The molecule has 2 unspecified atom stereocenters. The first kappa shape index (κ1) is 27.3. The number of methoxy groups -OCH3 is 1. The molecular weight excluding hydrogens is 515 g/mol. The highest BCUT2D eigenvalue weighted by molar-refractivity contribution is 6.31. The van der Waals surface area contributed by atoms with E-state index in [0.717, 1.165) is 80.3 Å². The molecule has 1 saturated carbocycles. The van der Waals surface area contributed by atoms with Crippen LogP contribution in [0.15, 0.2) is 72.8 Å². The molecule has 1 heterocycles. The summed E-state index contributed by atoms with van der Waals surface area (Å²) in [5, 5.41) is 14.4. The zero-order valence-electron chi connectivity index (χ0n) is 22.2. The van der Waals surface area contributed by atoms with Crippen molar-refractivity contribution < 1.29 is 9.84 Å². The first-order valence-electron chi connectivity index (χ1n) is 13.8. The fraction of sp³-hybridized carbons (Fsp3) is 0.438. The Bertz CT molecular complexity index is 1170. The van der Waals surface area contributed by atoms with Crippen molar-refractivity contribution in [1.29, 1.82) is 0 Å². The van der Waals surface area contributed by atoms with Crippen LogP contribution in [0.25, 0.3) is 0 Å². The number of anilines is 1. The maximum Gasteiger partial charge on any atom is 0.118 e. The van der Waals surface area contributed by atoms with Crippen LogP contribution >= 0.6 is 23.2 Å². The predicted octanol–water partition coefficient (Wildman–Crippen LogP) is 7.38. The maximum atomic E-state index is 12.9. The highest BCUT2D eigenvalue weighted by atomic mass is 35.5. The van der Waals surface area contributed by atoms with Gasteiger partial charge in [0, 0.05) is 54.4 Å². The number of hydrogen-bond donors (Lipinski definition) is 1. The minimum atomic E-state index is -0.995. The third-order valence-electron chi connectivity index (χ3n) is 8.57. The molecule has 0 amide bonds. The Hall–Kier alpha value is -2.24. The zero-order valence-corrected chi connectivity index (χ0v) is 23.7. The average Bonchev–Trinajstić information content (AvgIpc) is 2.97. The van der Waals surface area contributed by atoms with Gasteiger partial charge in [0.05, 0.1) is 7.11 Å². The van der Waals surface area contributed by atoms with Crippen LogP contribution in [0.4, 0.5) is 5.69 Å². The Morgan fingerprint density at radius 1 is 0.868 bits per heavy atom. The average molecular weight is 554 g/mol. The molecule has 1 aliphatic heterocycles. The number of ether oxygens (including phenoxy) is 1. The minimum absolute atomic E-state index is 0.0889. The summed E-state index contributed by atoms with van der Waals surface area (Å²) in [6, 6.07) is 24.3. The highest BCUT2D eigenvalue weighted by Crippen LogP contribution is 2.49. The number of benzene rings is 3. The maximum absolute atomic E-state index is 12.9. The molecule has 0 radical (unpaired) electrons. The van der Waals surface area contributed by atoms with Crippen LogP contribution in [0.1, 0.15) is 49.1 Å². The van der Waals surface area contributed by atoms with Gasteiger partial charge in [-0.2, -0.15) is 0 Å². The minimum Gasteiger partial charge on any atom is -0.497 e. The van der Waals surface area contributed by atoms with E-state index in [1.807, 2.05) is 42.5 Å². The summed E-state index contributed by atoms with van der Waals surface area (Å²) in [7, 11) is 1.68. The van der Waals surface area contributed by atoms with Crippen molar-refractivity contribution in [2.75, 3.05) is 44.7 Å². The van der Waals surface area contributed by atoms with Crippen LogP contribution in [0.2, 0.25) is 10.0 Å². The number of nitrogens with zero attached hydrogens (tertiary/aromatic N) is 2. The molecule has 1 N–H and O–H groups in total. The lowest BCUT2D eigenvalue weighted by molar-refractivity contribution is -0.0704. The molecule has 6 heteroatoms. The van der Waals surface area contributed by atoms with Crippen LogP contribution in [-0.4, -0.2) is 49.8 Å². The molecule has 202 valence electrons. The van der Waals surface area contributed by atoms with Gasteiger partial charge in [0.2, 0.25) is 0 Å². The van der Waals surface area contributed by atoms with E-state index in [9.17, 15) is 5.11 Å². The quantitative estimate of drug-likeness (QED) is 0.316. The van der Waals surface area contributed by atoms with E-state index in [2.05, 4.69) is 40.1 Å². The van der Waals surface area contributed by atoms with Gasteiger partial charge >= 0.3 is 0 Å². The van der Waals surface area contributed by atoms with Crippen LogP contribution in [0, 0.1) is 5.92 Å². The normalized spacial score (nSPS) is 19.6. The summed E-state index contributed by atoms with van der Waals surface area (Å²) in [4.78, 5) is 4.91. The summed E-state index contributed by atoms with van der Waals surface area (Å²) >= 11 is 12.6. The van der Waals surface area contributed by atoms with Gasteiger partial charge in [0.15, 0.2) is 0 Å². The third kappa shape index (κ3) is 5.99. The van der Waals surface area contributed by atoms with E-state index >= 15 is 0 Å². The van der Waals surface area contributed by atoms with Gasteiger partial charge < -0.3 is 14.7 Å². The fourth-order valence-electron chi connectivity index (χ4n) is 6.44. The number of hydrogen-bond acceptors (Lipinski definition) is 4. The predicted molar refractivity (Wildman–Crippen MR) is 158 cm³/mol. The molecular formula is C32H38Cl2N2O2. The first-order valence-corrected chi connectivity index (χ1v) is 14.6. The monoisotopic (exact) mass is 552 g/mol. The summed E-state index contributed by atoms with van der Waals surface area (Å²) < 4.78 is 5.44. The van der Waals surface area contributed by atoms with Gasteiger partial charge in [0.25, 0.3) is 0 Å². The lowest BCUT2D eigenvalue weighted by atomic mass is 9.65. The molecule has 5 rings (SSSR count). The van der Waals surface area contributed by atoms with Crippen LogP contribution in [0.3, 0.4) is 0 Å². The lowest BCUT2D eigenvalue weighted by Crippen LogP contribution is -2.51. The van der Waals surface area contributed by atoms with E-state index in [4.69, 9.17) is 27.9 Å². The molecule has 38 heavy (non-hydrogen) atoms. The van der Waals surface area contributed by atoms with E-state index < -0.39 is 5.60 Å². The molecule has 2 fully saturated rings. The number of aliphatic hydroxyl groups is 1. The summed E-state index contributed by atoms with van der Waals surface area (Å²) in [5.41, 5.74) is 2.28. The van der Waals surface area contributed by atoms with E-state index in [-0.39, 0.29) is 11.8 Å². The number of rotatable bonds is 8. The highest BCUT2D eigenvalue weighted by Gasteiger charge is 2.46. The second kappa shape index (κ2) is 12.3. The smallest absolute Gasteiger partial charge is 0.118 e. The molecule has 3 aromatic carbocycles. The Kier molecular flexibility index (Phi) is 8.84.